The van der Waals surface area contributed by atoms with Crippen LogP contribution < -0.4 is 5.32 Å². The zero-order valence-corrected chi connectivity index (χ0v) is 9.59. The fraction of sp³-hybridized carbons (Fsp3) is 0.727. The zero-order valence-electron chi connectivity index (χ0n) is 9.59. The quantitative estimate of drug-likeness (QED) is 0.756. The molecule has 0 aliphatic rings. The molecule has 80 valence electrons. The van der Waals surface area contributed by atoms with Crippen LogP contribution in [0.4, 0.5) is 0 Å². The van der Waals surface area contributed by atoms with Gasteiger partial charge in [-0.25, -0.2) is 4.98 Å². The number of rotatable bonds is 5. The van der Waals surface area contributed by atoms with E-state index in [4.69, 9.17) is 0 Å². The summed E-state index contributed by atoms with van der Waals surface area (Å²) in [4.78, 5) is 7.38. The van der Waals surface area contributed by atoms with E-state index in [2.05, 4.69) is 36.1 Å². The number of aromatic amines is 1. The maximum Gasteiger partial charge on any atom is 0.103 e. The Morgan fingerprint density at radius 3 is 2.71 bits per heavy atom. The molecule has 0 aliphatic carbocycles. The predicted octanol–water partition coefficient (Wildman–Crippen LogP) is 2.24. The molecule has 0 aliphatic heterocycles. The minimum absolute atomic E-state index is 0.559. The summed E-state index contributed by atoms with van der Waals surface area (Å²) in [6.07, 6.45) is 3.11. The van der Waals surface area contributed by atoms with E-state index in [0.717, 1.165) is 24.0 Å². The first-order valence-electron chi connectivity index (χ1n) is 5.37. The second-order valence-corrected chi connectivity index (χ2v) is 4.05. The van der Waals surface area contributed by atoms with Crippen LogP contribution in [-0.4, -0.2) is 16.0 Å². The summed E-state index contributed by atoms with van der Waals surface area (Å²) >= 11 is 0. The van der Waals surface area contributed by atoms with E-state index in [1.165, 1.54) is 6.42 Å². The highest BCUT2D eigenvalue weighted by Crippen LogP contribution is 2.07. The number of nitrogens with one attached hydrogen (secondary N) is 2. The predicted molar refractivity (Wildman–Crippen MR) is 59.1 cm³/mol. The van der Waals surface area contributed by atoms with Crippen molar-refractivity contribution in [2.45, 2.75) is 46.7 Å². The Balaban J connectivity index is 2.33. The Labute approximate surface area is 86.3 Å². The van der Waals surface area contributed by atoms with Gasteiger partial charge in [0.2, 0.25) is 0 Å². The lowest BCUT2D eigenvalue weighted by Crippen LogP contribution is -2.31. The normalized spacial score (nSPS) is 15.4. The molecular weight excluding hydrogens is 174 g/mol. The van der Waals surface area contributed by atoms with Crippen molar-refractivity contribution in [2.24, 2.45) is 5.92 Å². The van der Waals surface area contributed by atoms with Crippen LogP contribution in [0, 0.1) is 12.8 Å². The van der Waals surface area contributed by atoms with Gasteiger partial charge in [0.1, 0.15) is 5.82 Å². The van der Waals surface area contributed by atoms with Crippen LogP contribution in [0.2, 0.25) is 0 Å². The van der Waals surface area contributed by atoms with Crippen LogP contribution in [-0.2, 0) is 6.54 Å². The molecule has 2 unspecified atom stereocenters. The third-order valence-corrected chi connectivity index (χ3v) is 2.87. The monoisotopic (exact) mass is 195 g/mol. The average Bonchev–Trinajstić information content (AvgIpc) is 2.59. The van der Waals surface area contributed by atoms with Gasteiger partial charge >= 0.3 is 0 Å². The van der Waals surface area contributed by atoms with Gasteiger partial charge < -0.3 is 10.3 Å². The minimum Gasteiger partial charge on any atom is -0.345 e. The lowest BCUT2D eigenvalue weighted by molar-refractivity contribution is 0.388. The average molecular weight is 195 g/mol. The van der Waals surface area contributed by atoms with Crippen molar-refractivity contribution < 1.29 is 0 Å². The number of H-pyrrole nitrogens is 1. The van der Waals surface area contributed by atoms with Gasteiger partial charge in [-0.2, -0.15) is 0 Å². The van der Waals surface area contributed by atoms with E-state index in [-0.39, 0.29) is 0 Å². The van der Waals surface area contributed by atoms with E-state index in [1.807, 2.05) is 13.1 Å². The molecule has 0 amide bonds. The smallest absolute Gasteiger partial charge is 0.103 e. The molecule has 14 heavy (non-hydrogen) atoms. The van der Waals surface area contributed by atoms with Crippen molar-refractivity contribution in [1.29, 1.82) is 0 Å². The minimum atomic E-state index is 0.559. The van der Waals surface area contributed by atoms with Crippen LogP contribution in [0.3, 0.4) is 0 Å². The molecule has 0 saturated heterocycles. The molecular formula is C11H21N3. The van der Waals surface area contributed by atoms with Gasteiger partial charge in [0.15, 0.2) is 0 Å². The fourth-order valence-corrected chi connectivity index (χ4v) is 1.39. The Hall–Kier alpha value is -0.830. The molecule has 2 atom stereocenters. The van der Waals surface area contributed by atoms with Crippen molar-refractivity contribution in [3.63, 3.8) is 0 Å². The molecule has 0 fully saturated rings. The lowest BCUT2D eigenvalue weighted by atomic mass is 10.0. The maximum atomic E-state index is 4.16. The molecule has 0 aromatic carbocycles. The Bertz CT molecular complexity index is 267. The molecule has 3 heteroatoms. The van der Waals surface area contributed by atoms with Gasteiger partial charge in [0.05, 0.1) is 0 Å². The van der Waals surface area contributed by atoms with Crippen LogP contribution in [0.25, 0.3) is 0 Å². The van der Waals surface area contributed by atoms with Crippen molar-refractivity contribution in [3.8, 4) is 0 Å². The van der Waals surface area contributed by atoms with Crippen molar-refractivity contribution in [2.75, 3.05) is 0 Å². The summed E-state index contributed by atoms with van der Waals surface area (Å²) in [5.74, 6) is 1.71. The first-order chi connectivity index (χ1) is 6.63. The number of hydrogen-bond donors (Lipinski definition) is 2. The van der Waals surface area contributed by atoms with Crippen LogP contribution in [0.5, 0.6) is 0 Å². The zero-order chi connectivity index (χ0) is 10.6. The highest BCUT2D eigenvalue weighted by atomic mass is 15.0. The Morgan fingerprint density at radius 1 is 1.50 bits per heavy atom. The third kappa shape index (κ3) is 3.14. The summed E-state index contributed by atoms with van der Waals surface area (Å²) < 4.78 is 0. The molecule has 1 rings (SSSR count). The second-order valence-electron chi connectivity index (χ2n) is 4.05. The molecule has 0 bridgehead atoms. The van der Waals surface area contributed by atoms with E-state index < -0.39 is 0 Å². The molecule has 1 aromatic rings. The summed E-state index contributed by atoms with van der Waals surface area (Å²) in [7, 11) is 0. The first kappa shape index (κ1) is 11.2. The number of imidazole rings is 1. The van der Waals surface area contributed by atoms with E-state index in [0.29, 0.717) is 6.04 Å². The van der Waals surface area contributed by atoms with Gasteiger partial charge in [-0.15, -0.1) is 0 Å². The van der Waals surface area contributed by atoms with Crippen molar-refractivity contribution in [1.82, 2.24) is 15.3 Å². The summed E-state index contributed by atoms with van der Waals surface area (Å²) in [5.41, 5.74) is 1.16. The Kier molecular flexibility index (Phi) is 4.14. The molecule has 3 nitrogen and oxygen atoms in total. The number of aromatic nitrogens is 2. The standard InChI is InChI=1S/C11H21N3/c1-5-8(2)9(3)12-6-11-7-13-10(4)14-11/h7-9,12H,5-6H2,1-4H3,(H,13,14). The molecule has 0 spiro atoms. The summed E-state index contributed by atoms with van der Waals surface area (Å²) in [5, 5.41) is 3.49. The molecule has 1 aromatic heterocycles. The van der Waals surface area contributed by atoms with Crippen LogP contribution in [0.15, 0.2) is 6.20 Å². The molecule has 0 radical (unpaired) electrons. The number of hydrogen-bond acceptors (Lipinski definition) is 2. The molecule has 1 heterocycles. The van der Waals surface area contributed by atoms with E-state index in [1.54, 1.807) is 0 Å². The van der Waals surface area contributed by atoms with Gasteiger partial charge in [0.25, 0.3) is 0 Å². The Morgan fingerprint density at radius 2 is 2.21 bits per heavy atom. The van der Waals surface area contributed by atoms with Gasteiger partial charge in [-0.05, 0) is 19.8 Å². The van der Waals surface area contributed by atoms with E-state index >= 15 is 0 Å². The van der Waals surface area contributed by atoms with Crippen LogP contribution >= 0.6 is 0 Å². The van der Waals surface area contributed by atoms with Gasteiger partial charge in [0, 0.05) is 24.5 Å². The highest BCUT2D eigenvalue weighted by molar-refractivity contribution is 4.99. The highest BCUT2D eigenvalue weighted by Gasteiger charge is 2.09. The lowest BCUT2D eigenvalue weighted by Gasteiger charge is -2.19. The maximum absolute atomic E-state index is 4.16. The summed E-state index contributed by atoms with van der Waals surface area (Å²) in [6.45, 7) is 9.59. The number of aryl methyl sites for hydroxylation is 1. The van der Waals surface area contributed by atoms with Gasteiger partial charge in [-0.1, -0.05) is 20.3 Å². The SMILES string of the molecule is CCC(C)C(C)NCc1cnc(C)[nH]1. The van der Waals surface area contributed by atoms with E-state index in [9.17, 15) is 0 Å². The molecule has 0 saturated carbocycles. The van der Waals surface area contributed by atoms with Crippen molar-refractivity contribution in [3.05, 3.63) is 17.7 Å². The van der Waals surface area contributed by atoms with Crippen molar-refractivity contribution >= 4 is 0 Å². The largest absolute Gasteiger partial charge is 0.345 e. The van der Waals surface area contributed by atoms with Gasteiger partial charge in [-0.3, -0.25) is 0 Å². The summed E-state index contributed by atoms with van der Waals surface area (Å²) in [6, 6.07) is 0.559. The first-order valence-corrected chi connectivity index (χ1v) is 5.37. The fourth-order valence-electron chi connectivity index (χ4n) is 1.39. The number of nitrogens with zero attached hydrogens (tertiary/aromatic N) is 1. The third-order valence-electron chi connectivity index (χ3n) is 2.87. The van der Waals surface area contributed by atoms with Crippen LogP contribution in [0.1, 0.15) is 38.7 Å². The second kappa shape index (κ2) is 5.15. The topological polar surface area (TPSA) is 40.7 Å². The molecule has 2 N–H and O–H groups in total.